The van der Waals surface area contributed by atoms with E-state index in [0.717, 1.165) is 27.7 Å². The first-order valence-corrected chi connectivity index (χ1v) is 5.50. The molecule has 3 rings (SSSR count). The predicted octanol–water partition coefficient (Wildman–Crippen LogP) is 1.42. The lowest BCUT2D eigenvalue weighted by atomic mass is 10.2. The fourth-order valence-electron chi connectivity index (χ4n) is 2.24. The lowest BCUT2D eigenvalue weighted by Crippen LogP contribution is -2.10. The van der Waals surface area contributed by atoms with E-state index in [1.807, 2.05) is 29.8 Å². The number of benzene rings is 1. The quantitative estimate of drug-likeness (QED) is 0.525. The first-order chi connectivity index (χ1) is 8.76. The number of ether oxygens (including phenoxy) is 1. The van der Waals surface area contributed by atoms with Gasteiger partial charge in [-0.15, -0.1) is 0 Å². The van der Waals surface area contributed by atoms with Crippen LogP contribution in [0, 0.1) is 0 Å². The zero-order valence-corrected chi connectivity index (χ0v) is 10.1. The van der Waals surface area contributed by atoms with Crippen molar-refractivity contribution in [2.45, 2.75) is 0 Å². The van der Waals surface area contributed by atoms with Crippen molar-refractivity contribution in [3.63, 3.8) is 0 Å². The van der Waals surface area contributed by atoms with Crippen LogP contribution >= 0.6 is 0 Å². The van der Waals surface area contributed by atoms with Crippen LogP contribution in [-0.2, 0) is 7.05 Å². The van der Waals surface area contributed by atoms with E-state index >= 15 is 0 Å². The summed E-state index contributed by atoms with van der Waals surface area (Å²) in [6.45, 7) is 0. The predicted molar refractivity (Wildman–Crippen MR) is 70.4 cm³/mol. The highest BCUT2D eigenvalue weighted by atomic mass is 16.5. The van der Waals surface area contributed by atoms with E-state index in [4.69, 9.17) is 10.6 Å². The van der Waals surface area contributed by atoms with Crippen LogP contribution < -0.4 is 16.0 Å². The first kappa shape index (κ1) is 10.8. The number of nitrogen functional groups attached to an aromatic ring is 1. The Morgan fingerprint density at radius 2 is 2.17 bits per heavy atom. The van der Waals surface area contributed by atoms with Gasteiger partial charge in [-0.3, -0.25) is 0 Å². The van der Waals surface area contributed by atoms with E-state index in [2.05, 4.69) is 15.4 Å². The highest BCUT2D eigenvalue weighted by Crippen LogP contribution is 2.31. The second-order valence-electron chi connectivity index (χ2n) is 4.01. The van der Waals surface area contributed by atoms with Crippen LogP contribution in [0.5, 0.6) is 5.75 Å². The summed E-state index contributed by atoms with van der Waals surface area (Å²) in [6, 6.07) is 5.88. The molecule has 18 heavy (non-hydrogen) atoms. The van der Waals surface area contributed by atoms with Crippen molar-refractivity contribution in [3.05, 3.63) is 24.5 Å². The van der Waals surface area contributed by atoms with Crippen molar-refractivity contribution in [2.75, 3.05) is 12.5 Å². The van der Waals surface area contributed by atoms with Gasteiger partial charge in [0.25, 0.3) is 0 Å². The first-order valence-electron chi connectivity index (χ1n) is 5.50. The van der Waals surface area contributed by atoms with Crippen LogP contribution in [0.4, 0.5) is 5.82 Å². The van der Waals surface area contributed by atoms with Crippen LogP contribution in [0.15, 0.2) is 24.5 Å². The zero-order valence-electron chi connectivity index (χ0n) is 10.1. The van der Waals surface area contributed by atoms with Gasteiger partial charge in [0, 0.05) is 18.5 Å². The molecule has 92 valence electrons. The molecule has 0 saturated carbocycles. The Balaban J connectivity index is 2.49. The van der Waals surface area contributed by atoms with Gasteiger partial charge in [0.15, 0.2) is 5.82 Å². The van der Waals surface area contributed by atoms with Crippen molar-refractivity contribution < 1.29 is 4.74 Å². The van der Waals surface area contributed by atoms with Gasteiger partial charge in [0.2, 0.25) is 0 Å². The third-order valence-electron chi connectivity index (χ3n) is 3.12. The number of aryl methyl sites for hydroxylation is 1. The monoisotopic (exact) mass is 243 g/mol. The molecule has 0 bridgehead atoms. The molecule has 0 spiro atoms. The maximum absolute atomic E-state index is 5.48. The third-order valence-corrected chi connectivity index (χ3v) is 3.12. The summed E-state index contributed by atoms with van der Waals surface area (Å²) in [5.41, 5.74) is 5.38. The Hall–Kier alpha value is -2.34. The van der Waals surface area contributed by atoms with Crippen LogP contribution in [0.25, 0.3) is 21.9 Å². The molecule has 6 heteroatoms. The molecular formula is C12H13N5O. The summed E-state index contributed by atoms with van der Waals surface area (Å²) in [7, 11) is 3.60. The largest absolute Gasteiger partial charge is 0.497 e. The zero-order chi connectivity index (χ0) is 12.7. The number of nitrogens with one attached hydrogen (secondary N) is 1. The van der Waals surface area contributed by atoms with Crippen molar-refractivity contribution in [1.82, 2.24) is 14.5 Å². The molecule has 0 aliphatic heterocycles. The van der Waals surface area contributed by atoms with Crippen molar-refractivity contribution in [1.29, 1.82) is 0 Å². The number of aromatic nitrogens is 3. The SMILES string of the molecule is COc1ccc2c3ncnc(NN)c3n(C)c2c1. The van der Waals surface area contributed by atoms with Crippen molar-refractivity contribution in [3.8, 4) is 5.75 Å². The lowest BCUT2D eigenvalue weighted by Gasteiger charge is -2.03. The fourth-order valence-corrected chi connectivity index (χ4v) is 2.24. The molecule has 3 aromatic rings. The van der Waals surface area contributed by atoms with E-state index < -0.39 is 0 Å². The number of nitrogens with zero attached hydrogens (tertiary/aromatic N) is 3. The lowest BCUT2D eigenvalue weighted by molar-refractivity contribution is 0.415. The average Bonchev–Trinajstić information content (AvgIpc) is 2.72. The van der Waals surface area contributed by atoms with E-state index in [1.165, 1.54) is 6.33 Å². The third kappa shape index (κ3) is 1.32. The molecule has 1 aromatic carbocycles. The molecule has 0 saturated heterocycles. The Labute approximate surface area is 103 Å². The number of hydrogen-bond donors (Lipinski definition) is 2. The highest BCUT2D eigenvalue weighted by Gasteiger charge is 2.13. The molecule has 3 N–H and O–H groups in total. The number of hydrogen-bond acceptors (Lipinski definition) is 5. The van der Waals surface area contributed by atoms with Gasteiger partial charge in [-0.1, -0.05) is 0 Å². The van der Waals surface area contributed by atoms with Gasteiger partial charge in [-0.25, -0.2) is 15.8 Å². The molecule has 0 fully saturated rings. The van der Waals surface area contributed by atoms with Gasteiger partial charge in [0.1, 0.15) is 23.1 Å². The molecule has 0 aliphatic rings. The summed E-state index contributed by atoms with van der Waals surface area (Å²) in [6.07, 6.45) is 1.50. The Morgan fingerprint density at radius 1 is 1.33 bits per heavy atom. The molecule has 2 aromatic heterocycles. The van der Waals surface area contributed by atoms with E-state index in [1.54, 1.807) is 7.11 Å². The second kappa shape index (κ2) is 3.85. The van der Waals surface area contributed by atoms with Gasteiger partial charge in [-0.05, 0) is 12.1 Å². The Morgan fingerprint density at radius 3 is 2.89 bits per heavy atom. The summed E-state index contributed by atoms with van der Waals surface area (Å²) in [5, 5.41) is 1.05. The molecular weight excluding hydrogens is 230 g/mol. The van der Waals surface area contributed by atoms with Crippen molar-refractivity contribution in [2.24, 2.45) is 12.9 Å². The summed E-state index contributed by atoms with van der Waals surface area (Å²) >= 11 is 0. The Bertz CT molecular complexity index is 734. The summed E-state index contributed by atoms with van der Waals surface area (Å²) < 4.78 is 7.24. The highest BCUT2D eigenvalue weighted by molar-refractivity contribution is 6.09. The molecule has 0 aliphatic carbocycles. The van der Waals surface area contributed by atoms with Crippen LogP contribution in [0.1, 0.15) is 0 Å². The number of fused-ring (bicyclic) bond motifs is 3. The minimum absolute atomic E-state index is 0.609. The normalized spacial score (nSPS) is 11.1. The number of methoxy groups -OCH3 is 1. The molecule has 2 heterocycles. The minimum Gasteiger partial charge on any atom is -0.497 e. The standard InChI is InChI=1S/C12H13N5O/c1-17-9-5-7(18-2)3-4-8(9)10-11(17)12(16-13)15-6-14-10/h3-6H,13H2,1-2H3,(H,14,15,16). The maximum atomic E-state index is 5.48. The Kier molecular flexibility index (Phi) is 2.31. The molecule has 0 atom stereocenters. The number of hydrazine groups is 1. The molecule has 6 nitrogen and oxygen atoms in total. The molecule has 0 radical (unpaired) electrons. The minimum atomic E-state index is 0.609. The second-order valence-corrected chi connectivity index (χ2v) is 4.01. The number of rotatable bonds is 2. The summed E-state index contributed by atoms with van der Waals surface area (Å²) in [5.74, 6) is 6.90. The van der Waals surface area contributed by atoms with Crippen LogP contribution in [0.2, 0.25) is 0 Å². The van der Waals surface area contributed by atoms with Crippen LogP contribution in [-0.4, -0.2) is 21.6 Å². The maximum Gasteiger partial charge on any atom is 0.168 e. The van der Waals surface area contributed by atoms with E-state index in [9.17, 15) is 0 Å². The van der Waals surface area contributed by atoms with Gasteiger partial charge < -0.3 is 14.7 Å². The topological polar surface area (TPSA) is 78.0 Å². The van der Waals surface area contributed by atoms with Gasteiger partial charge in [-0.2, -0.15) is 0 Å². The fraction of sp³-hybridized carbons (Fsp3) is 0.167. The molecule has 0 unspecified atom stereocenters. The number of anilines is 1. The van der Waals surface area contributed by atoms with E-state index in [0.29, 0.717) is 5.82 Å². The average molecular weight is 243 g/mol. The van der Waals surface area contributed by atoms with Gasteiger partial charge in [0.05, 0.1) is 12.6 Å². The molecule has 0 amide bonds. The summed E-state index contributed by atoms with van der Waals surface area (Å²) in [4.78, 5) is 8.45. The van der Waals surface area contributed by atoms with E-state index in [-0.39, 0.29) is 0 Å². The smallest absolute Gasteiger partial charge is 0.168 e. The van der Waals surface area contributed by atoms with Gasteiger partial charge >= 0.3 is 0 Å². The van der Waals surface area contributed by atoms with Crippen molar-refractivity contribution >= 4 is 27.8 Å². The number of nitrogens with two attached hydrogens (primary N) is 1. The van der Waals surface area contributed by atoms with Crippen LogP contribution in [0.3, 0.4) is 0 Å².